The third kappa shape index (κ3) is 17.2. The van der Waals surface area contributed by atoms with Crippen LogP contribution in [0.2, 0.25) is 10.0 Å². The molecule has 8 nitrogen and oxygen atoms in total. The third-order valence-corrected chi connectivity index (χ3v) is 8.21. The summed E-state index contributed by atoms with van der Waals surface area (Å²) in [7, 11) is 0. The molecule has 2 radical (unpaired) electrons. The van der Waals surface area contributed by atoms with E-state index in [2.05, 4.69) is 20.0 Å². The minimum absolute atomic E-state index is 0. The minimum Gasteiger partial charge on any atom is -0.507 e. The van der Waals surface area contributed by atoms with Gasteiger partial charge in [-0.3, -0.25) is 20.0 Å². The van der Waals surface area contributed by atoms with Crippen molar-refractivity contribution in [3.8, 4) is 23.0 Å². The van der Waals surface area contributed by atoms with E-state index in [9.17, 15) is 20.4 Å². The molecule has 57 heavy (non-hydrogen) atoms. The van der Waals surface area contributed by atoms with E-state index >= 15 is 0 Å². The molecule has 0 aliphatic rings. The summed E-state index contributed by atoms with van der Waals surface area (Å²) in [5.74, 6) is 0.837. The van der Waals surface area contributed by atoms with Gasteiger partial charge in [0.05, 0.1) is 0 Å². The van der Waals surface area contributed by atoms with Gasteiger partial charge in [0.15, 0.2) is 6.17 Å². The zero-order valence-corrected chi connectivity index (χ0v) is 34.2. The zero-order valence-electron chi connectivity index (χ0n) is 30.8. The largest absolute Gasteiger partial charge is 0.507 e. The number of nitrogens with zero attached hydrogens (tertiary/aromatic N) is 4. The number of hydrogen-bond acceptors (Lipinski definition) is 8. The van der Waals surface area contributed by atoms with E-state index in [0.717, 1.165) is 34.7 Å². The predicted octanol–water partition coefficient (Wildman–Crippen LogP) is 10.5. The first-order valence-electron chi connectivity index (χ1n) is 17.4. The van der Waals surface area contributed by atoms with Crippen molar-refractivity contribution in [1.82, 2.24) is 0 Å². The number of hydrogen-bond donors (Lipinski definition) is 4. The molecule has 0 unspecified atom stereocenters. The summed E-state index contributed by atoms with van der Waals surface area (Å²) >= 11 is 11.8. The van der Waals surface area contributed by atoms with Crippen LogP contribution in [0.3, 0.4) is 0 Å². The molecule has 0 fully saturated rings. The molecule has 4 N–H and O–H groups in total. The van der Waals surface area contributed by atoms with Gasteiger partial charge in [0, 0.05) is 104 Å². The maximum atomic E-state index is 9.89. The predicted molar refractivity (Wildman–Crippen MR) is 228 cm³/mol. The third-order valence-electron chi connectivity index (χ3n) is 7.71. The minimum atomic E-state index is -0.536. The number of aromatic hydroxyl groups is 4. The number of phenolic OH excluding ortho intramolecular Hbond substituents is 4. The van der Waals surface area contributed by atoms with Crippen molar-refractivity contribution in [2.45, 2.75) is 19.5 Å². The van der Waals surface area contributed by atoms with Crippen LogP contribution in [0.25, 0.3) is 0 Å². The van der Waals surface area contributed by atoms with E-state index < -0.39 is 6.17 Å². The number of halogens is 2. The number of aliphatic imine (C=N–C) groups is 4. The van der Waals surface area contributed by atoms with Crippen LogP contribution in [0.4, 0.5) is 0 Å². The van der Waals surface area contributed by atoms with Crippen molar-refractivity contribution < 1.29 is 54.6 Å². The monoisotopic (exact) mass is 898 g/mol. The average Bonchev–Trinajstić information content (AvgIpc) is 3.20. The fourth-order valence-corrected chi connectivity index (χ4v) is 4.98. The first kappa shape index (κ1) is 48.0. The van der Waals surface area contributed by atoms with Crippen LogP contribution in [0.5, 0.6) is 23.0 Å². The Kier molecular flexibility index (Phi) is 22.4. The summed E-state index contributed by atoms with van der Waals surface area (Å²) < 4.78 is 0. The standard InChI is InChI=1S/C21H17ClN2O2.C15H14ClNO.C9H11NO.2Cu/c22-18-11-9-15(10-12-18)21(23-13-16-5-1-3-7-19(16)25)24-14-17-6-2-4-8-20(17)26;16-14-7-5-12(6-8-14)9-10-17-11-13-3-1-2-4-15(13)18;1-2-10-7-8-5-3-4-6-9(8)11;;/h1-14,21,25-26H;1-8,11,18H,9-10H2;3-7,11H,2H2,1H3;;/b23-13+,24-14+;;;;. The maximum Gasteiger partial charge on any atom is 0.165 e. The maximum absolute atomic E-state index is 9.89. The molecule has 0 aromatic heterocycles. The van der Waals surface area contributed by atoms with Gasteiger partial charge in [-0.1, -0.05) is 96.0 Å². The fraction of sp³-hybridized carbons (Fsp3) is 0.111. The van der Waals surface area contributed by atoms with Crippen molar-refractivity contribution in [2.24, 2.45) is 20.0 Å². The first-order chi connectivity index (χ1) is 26.7. The Bertz CT molecular complexity index is 2140. The first-order valence-corrected chi connectivity index (χ1v) is 18.2. The number of benzene rings is 6. The summed E-state index contributed by atoms with van der Waals surface area (Å²) in [5.41, 5.74) is 4.76. The van der Waals surface area contributed by atoms with Crippen LogP contribution in [-0.2, 0) is 40.6 Å². The molecular formula is C45H42Cl2Cu2N4O4. The Morgan fingerprint density at radius 3 is 1.21 bits per heavy atom. The van der Waals surface area contributed by atoms with Crippen LogP contribution in [0, 0.1) is 0 Å². The van der Waals surface area contributed by atoms with Gasteiger partial charge in [-0.05, 0) is 97.3 Å². The van der Waals surface area contributed by atoms with Crippen molar-refractivity contribution in [3.05, 3.63) is 189 Å². The summed E-state index contributed by atoms with van der Waals surface area (Å²) in [6, 6.07) is 43.2. The van der Waals surface area contributed by atoms with Crippen LogP contribution in [0.15, 0.2) is 166 Å². The molecule has 0 saturated carbocycles. The van der Waals surface area contributed by atoms with Gasteiger partial charge >= 0.3 is 0 Å². The van der Waals surface area contributed by atoms with Crippen molar-refractivity contribution in [3.63, 3.8) is 0 Å². The molecule has 0 spiro atoms. The summed E-state index contributed by atoms with van der Waals surface area (Å²) in [5, 5.41) is 40.0. The molecule has 302 valence electrons. The van der Waals surface area contributed by atoms with Crippen molar-refractivity contribution >= 4 is 48.1 Å². The number of phenols is 4. The van der Waals surface area contributed by atoms with E-state index in [0.29, 0.717) is 22.7 Å². The molecule has 0 aliphatic heterocycles. The fourth-order valence-electron chi connectivity index (χ4n) is 4.73. The average molecular weight is 901 g/mol. The molecule has 6 aromatic rings. The van der Waals surface area contributed by atoms with E-state index in [1.54, 1.807) is 97.7 Å². The van der Waals surface area contributed by atoms with Crippen LogP contribution >= 0.6 is 23.2 Å². The Balaban J connectivity index is 0.000000315. The summed E-state index contributed by atoms with van der Waals surface area (Å²) in [6.45, 7) is 3.39. The van der Waals surface area contributed by atoms with Gasteiger partial charge in [0.1, 0.15) is 23.0 Å². The normalized spacial score (nSPS) is 10.8. The van der Waals surface area contributed by atoms with Crippen LogP contribution in [-0.4, -0.2) is 58.4 Å². The van der Waals surface area contributed by atoms with E-state index in [1.165, 1.54) is 5.56 Å². The van der Waals surface area contributed by atoms with Crippen molar-refractivity contribution in [2.75, 3.05) is 13.1 Å². The summed E-state index contributed by atoms with van der Waals surface area (Å²) in [4.78, 5) is 17.3. The van der Waals surface area contributed by atoms with Gasteiger partial charge in [-0.15, -0.1) is 0 Å². The SMILES string of the molecule is CCN=Cc1ccccc1O.Oc1ccccc1/C=N/C(/N=C/c1ccccc1O)c1ccc(Cl)cc1.Oc1ccccc1C=NCCc1ccc(Cl)cc1.[Cu].[Cu]. The molecule has 0 bridgehead atoms. The molecule has 0 amide bonds. The zero-order chi connectivity index (χ0) is 39.3. The van der Waals surface area contributed by atoms with Crippen molar-refractivity contribution in [1.29, 1.82) is 0 Å². The topological polar surface area (TPSA) is 130 Å². The molecule has 0 heterocycles. The van der Waals surface area contributed by atoms with Gasteiger partial charge in [-0.25, -0.2) is 0 Å². The van der Waals surface area contributed by atoms with Crippen LogP contribution in [0.1, 0.15) is 46.5 Å². The molecule has 6 aromatic carbocycles. The molecule has 0 aliphatic carbocycles. The summed E-state index contributed by atoms with van der Waals surface area (Å²) in [6.07, 6.45) is 6.86. The second kappa shape index (κ2) is 26.6. The Morgan fingerprint density at radius 1 is 0.474 bits per heavy atom. The molecule has 0 saturated heterocycles. The Morgan fingerprint density at radius 2 is 0.825 bits per heavy atom. The molecule has 0 atom stereocenters. The van der Waals surface area contributed by atoms with Crippen LogP contribution < -0.4 is 0 Å². The Hall–Kier alpha value is -5.18. The smallest absolute Gasteiger partial charge is 0.165 e. The number of para-hydroxylation sites is 4. The second-order valence-corrected chi connectivity index (χ2v) is 12.6. The number of rotatable bonds is 11. The van der Waals surface area contributed by atoms with E-state index in [1.807, 2.05) is 79.7 Å². The van der Waals surface area contributed by atoms with Gasteiger partial charge < -0.3 is 20.4 Å². The van der Waals surface area contributed by atoms with Gasteiger partial charge in [0.25, 0.3) is 0 Å². The van der Waals surface area contributed by atoms with Gasteiger partial charge in [0.2, 0.25) is 0 Å². The molecule has 12 heteroatoms. The van der Waals surface area contributed by atoms with E-state index in [-0.39, 0.29) is 57.1 Å². The van der Waals surface area contributed by atoms with E-state index in [4.69, 9.17) is 23.2 Å². The molecule has 6 rings (SSSR count). The quantitative estimate of drug-likeness (QED) is 0.0762. The second-order valence-electron chi connectivity index (χ2n) is 11.8. The molecular weight excluding hydrogens is 859 g/mol. The van der Waals surface area contributed by atoms with Gasteiger partial charge in [-0.2, -0.15) is 0 Å². The Labute approximate surface area is 365 Å².